The van der Waals surface area contributed by atoms with Crippen molar-refractivity contribution in [3.8, 4) is 0 Å². The predicted molar refractivity (Wildman–Crippen MR) is 70.9 cm³/mol. The summed E-state index contributed by atoms with van der Waals surface area (Å²) in [6.45, 7) is 5.91. The van der Waals surface area contributed by atoms with E-state index in [1.807, 2.05) is 0 Å². The first kappa shape index (κ1) is 17.7. The normalized spacial score (nSPS) is 12.7. The Morgan fingerprint density at radius 3 is 2.26 bits per heavy atom. The highest BCUT2D eigenvalue weighted by Gasteiger charge is 2.24. The van der Waals surface area contributed by atoms with Crippen LogP contribution in [-0.4, -0.2) is 44.5 Å². The molecule has 0 bridgehead atoms. The molecule has 0 unspecified atom stereocenters. The zero-order valence-electron chi connectivity index (χ0n) is 12.4. The number of alkyl carbamates (subject to hydrolysis) is 1. The highest BCUT2D eigenvalue weighted by atomic mass is 16.6. The minimum Gasteiger partial charge on any atom is -0.467 e. The molecule has 0 radical (unpaired) electrons. The molecule has 1 atom stereocenters. The van der Waals surface area contributed by atoms with Crippen LogP contribution in [0.5, 0.6) is 0 Å². The summed E-state index contributed by atoms with van der Waals surface area (Å²) in [5.41, 5.74) is -0.596. The van der Waals surface area contributed by atoms with Crippen LogP contribution < -0.4 is 5.32 Å². The first-order valence-corrected chi connectivity index (χ1v) is 6.36. The molecular weight excluding hydrogens is 250 g/mol. The molecule has 0 aliphatic carbocycles. The van der Waals surface area contributed by atoms with E-state index < -0.39 is 23.7 Å². The lowest BCUT2D eigenvalue weighted by Crippen LogP contribution is -2.44. The molecule has 6 nitrogen and oxygen atoms in total. The van der Waals surface area contributed by atoms with Gasteiger partial charge in [0.1, 0.15) is 11.6 Å². The van der Waals surface area contributed by atoms with Gasteiger partial charge in [-0.25, -0.2) is 9.59 Å². The van der Waals surface area contributed by atoms with Crippen molar-refractivity contribution >= 4 is 12.1 Å². The van der Waals surface area contributed by atoms with Gasteiger partial charge in [-0.15, -0.1) is 0 Å². The maximum Gasteiger partial charge on any atom is 0.408 e. The van der Waals surface area contributed by atoms with Gasteiger partial charge in [0.2, 0.25) is 0 Å². The first-order chi connectivity index (χ1) is 8.80. The third kappa shape index (κ3) is 9.30. The second kappa shape index (κ2) is 8.74. The highest BCUT2D eigenvalue weighted by Crippen LogP contribution is 2.09. The molecule has 1 amide bonds. The van der Waals surface area contributed by atoms with E-state index in [1.165, 1.54) is 7.11 Å². The molecule has 0 rings (SSSR count). The number of rotatable bonds is 7. The fourth-order valence-corrected chi connectivity index (χ4v) is 1.44. The summed E-state index contributed by atoms with van der Waals surface area (Å²) in [4.78, 5) is 23.2. The Bertz CT molecular complexity index is 285. The molecule has 0 fully saturated rings. The minimum absolute atomic E-state index is 0.469. The van der Waals surface area contributed by atoms with Crippen molar-refractivity contribution < 1.29 is 23.8 Å². The zero-order valence-corrected chi connectivity index (χ0v) is 12.4. The first-order valence-electron chi connectivity index (χ1n) is 6.36. The van der Waals surface area contributed by atoms with Crippen molar-refractivity contribution in [3.05, 3.63) is 0 Å². The average molecular weight is 275 g/mol. The van der Waals surface area contributed by atoms with E-state index in [-0.39, 0.29) is 0 Å². The molecule has 112 valence electrons. The molecule has 0 saturated carbocycles. The second-order valence-electron chi connectivity index (χ2n) is 5.21. The van der Waals surface area contributed by atoms with E-state index in [1.54, 1.807) is 27.9 Å². The average Bonchev–Trinajstić information content (AvgIpc) is 2.29. The van der Waals surface area contributed by atoms with Gasteiger partial charge >= 0.3 is 12.1 Å². The van der Waals surface area contributed by atoms with E-state index in [4.69, 9.17) is 9.47 Å². The van der Waals surface area contributed by atoms with Crippen molar-refractivity contribution in [2.45, 2.75) is 51.7 Å². The summed E-state index contributed by atoms with van der Waals surface area (Å²) < 4.78 is 14.7. The highest BCUT2D eigenvalue weighted by molar-refractivity contribution is 5.81. The second-order valence-corrected chi connectivity index (χ2v) is 5.21. The van der Waals surface area contributed by atoms with Crippen molar-refractivity contribution in [3.63, 3.8) is 0 Å². The van der Waals surface area contributed by atoms with Crippen LogP contribution >= 0.6 is 0 Å². The van der Waals surface area contributed by atoms with Gasteiger partial charge in [0.05, 0.1) is 7.11 Å². The molecule has 0 aliphatic rings. The standard InChI is InChI=1S/C13H25NO5/c1-13(2,3)19-12(16)14-10(11(15)18-5)8-6-7-9-17-4/h10H,6-9H2,1-5H3,(H,14,16)/t10-/m0/s1. The lowest BCUT2D eigenvalue weighted by Gasteiger charge is -2.22. The van der Waals surface area contributed by atoms with Gasteiger partial charge < -0.3 is 19.5 Å². The molecule has 6 heteroatoms. The van der Waals surface area contributed by atoms with Crippen molar-refractivity contribution in [1.82, 2.24) is 5.32 Å². The number of hydrogen-bond acceptors (Lipinski definition) is 5. The van der Waals surface area contributed by atoms with Crippen LogP contribution in [0.1, 0.15) is 40.0 Å². The molecular formula is C13H25NO5. The van der Waals surface area contributed by atoms with Crippen LogP contribution in [-0.2, 0) is 19.0 Å². The Morgan fingerprint density at radius 1 is 1.16 bits per heavy atom. The molecule has 0 aliphatic heterocycles. The van der Waals surface area contributed by atoms with Gasteiger partial charge in [-0.05, 0) is 40.0 Å². The molecule has 1 N–H and O–H groups in total. The number of unbranched alkanes of at least 4 members (excludes halogenated alkanes) is 1. The molecule has 0 aromatic rings. The number of hydrogen-bond donors (Lipinski definition) is 1. The fraction of sp³-hybridized carbons (Fsp3) is 0.846. The monoisotopic (exact) mass is 275 g/mol. The Morgan fingerprint density at radius 2 is 1.79 bits per heavy atom. The van der Waals surface area contributed by atoms with E-state index in [0.29, 0.717) is 13.0 Å². The molecule has 0 spiro atoms. The van der Waals surface area contributed by atoms with Gasteiger partial charge in [-0.2, -0.15) is 0 Å². The largest absolute Gasteiger partial charge is 0.467 e. The number of carbonyl (C=O) groups excluding carboxylic acids is 2. The summed E-state index contributed by atoms with van der Waals surface area (Å²) >= 11 is 0. The van der Waals surface area contributed by atoms with E-state index in [0.717, 1.165) is 12.8 Å². The van der Waals surface area contributed by atoms with Gasteiger partial charge in [0.15, 0.2) is 0 Å². The van der Waals surface area contributed by atoms with Crippen LogP contribution in [0.25, 0.3) is 0 Å². The number of amides is 1. The summed E-state index contributed by atoms with van der Waals surface area (Å²) in [7, 11) is 2.91. The van der Waals surface area contributed by atoms with Gasteiger partial charge in [0.25, 0.3) is 0 Å². The molecule has 0 aromatic carbocycles. The van der Waals surface area contributed by atoms with Crippen LogP contribution in [0.4, 0.5) is 4.79 Å². The maximum atomic E-state index is 11.6. The Labute approximate surface area is 114 Å². The SMILES string of the molecule is COCCCC[C@H](NC(=O)OC(C)(C)C)C(=O)OC. The summed E-state index contributed by atoms with van der Waals surface area (Å²) in [6.07, 6.45) is 1.45. The predicted octanol–water partition coefficient (Wildman–Crippen LogP) is 1.87. The Kier molecular flexibility index (Phi) is 8.14. The van der Waals surface area contributed by atoms with Gasteiger partial charge in [-0.1, -0.05) is 0 Å². The van der Waals surface area contributed by atoms with Crippen LogP contribution in [0.15, 0.2) is 0 Å². The van der Waals surface area contributed by atoms with Gasteiger partial charge in [0, 0.05) is 13.7 Å². The molecule has 19 heavy (non-hydrogen) atoms. The van der Waals surface area contributed by atoms with Crippen LogP contribution in [0.3, 0.4) is 0 Å². The third-order valence-corrected chi connectivity index (χ3v) is 2.27. The molecule has 0 saturated heterocycles. The zero-order chi connectivity index (χ0) is 14.9. The number of ether oxygens (including phenoxy) is 3. The Hall–Kier alpha value is -1.30. The summed E-state index contributed by atoms with van der Waals surface area (Å²) in [5.74, 6) is -0.469. The molecule has 0 heterocycles. The van der Waals surface area contributed by atoms with Crippen molar-refractivity contribution in [2.24, 2.45) is 0 Å². The smallest absolute Gasteiger partial charge is 0.408 e. The minimum atomic E-state index is -0.684. The summed E-state index contributed by atoms with van der Waals surface area (Å²) in [5, 5.41) is 2.52. The maximum absolute atomic E-state index is 11.6. The molecule has 0 aromatic heterocycles. The number of nitrogens with one attached hydrogen (secondary N) is 1. The van der Waals surface area contributed by atoms with Crippen LogP contribution in [0.2, 0.25) is 0 Å². The van der Waals surface area contributed by atoms with E-state index >= 15 is 0 Å². The number of esters is 1. The third-order valence-electron chi connectivity index (χ3n) is 2.27. The topological polar surface area (TPSA) is 73.9 Å². The van der Waals surface area contributed by atoms with Crippen molar-refractivity contribution in [1.29, 1.82) is 0 Å². The quantitative estimate of drug-likeness (QED) is 0.567. The van der Waals surface area contributed by atoms with E-state index in [9.17, 15) is 9.59 Å². The lowest BCUT2D eigenvalue weighted by molar-refractivity contribution is -0.143. The fourth-order valence-electron chi connectivity index (χ4n) is 1.44. The number of methoxy groups -OCH3 is 2. The van der Waals surface area contributed by atoms with Crippen molar-refractivity contribution in [2.75, 3.05) is 20.8 Å². The number of carbonyl (C=O) groups is 2. The van der Waals surface area contributed by atoms with E-state index in [2.05, 4.69) is 10.1 Å². The lowest BCUT2D eigenvalue weighted by atomic mass is 10.1. The summed E-state index contributed by atoms with van der Waals surface area (Å²) in [6, 6.07) is -0.684. The van der Waals surface area contributed by atoms with Crippen LogP contribution in [0, 0.1) is 0 Å². The Balaban J connectivity index is 4.27. The van der Waals surface area contributed by atoms with Gasteiger partial charge in [-0.3, -0.25) is 0 Å².